The van der Waals surface area contributed by atoms with Gasteiger partial charge in [-0.2, -0.15) is 0 Å². The summed E-state index contributed by atoms with van der Waals surface area (Å²) in [5, 5.41) is 34.5. The second kappa shape index (κ2) is 34.4. The van der Waals surface area contributed by atoms with Crippen LogP contribution in [0, 0.1) is 6.08 Å². The number of para-hydroxylation sites is 7. The molecule has 0 spiro atoms. The largest absolute Gasteiger partial charge is 0.494 e. The van der Waals surface area contributed by atoms with Gasteiger partial charge in [-0.15, -0.1) is 0 Å². The standard InChI is InChI=1S/C42H24O3.C30H16BrO2.C24H23BO3.C12H9BO3.C12H6Br2O/c1-2-8-25(9-3-1)26-16-19-39-35(22-26)36-24-28(18-21-40(36)44-39)30-12-7-14-33-32-13-6-11-29(41(32)45-42(30)33)27-17-20-38-34(23-27)31-10-4-5-15-37(31)43-38;31-26-11-5-10-23-22-9-4-8-21(29(22)33-30(23)26)20-13-15-28-25(17-20)24-16-19(12-14-27(24)32-28)18-6-2-1-3-7-18;1-23(2)24(3,4)28-25(27-23)18-11-13-22-20(15-18)19-14-17(10-12-21(19)26-22)16-8-6-5-7-9-16;14-13(15)8-5-6-12-10(7-8)9-3-1-2-4-11(9)16-12;13-9-5-1-3-7-8-4-2-6-10(14)12(8)15-11(7)9/h1-24H;1-10,12-17H;5-15H,1-4H3;1-7,14-15H;1-6H/q;+1;;;. The molecule has 0 bridgehead atoms. The van der Waals surface area contributed by atoms with Gasteiger partial charge in [0.25, 0.3) is 5.76 Å². The van der Waals surface area contributed by atoms with Crippen LogP contribution in [0.3, 0.4) is 0 Å². The van der Waals surface area contributed by atoms with Gasteiger partial charge >= 0.3 is 14.2 Å². The van der Waals surface area contributed by atoms with E-state index in [-0.39, 0.29) is 18.3 Å². The highest BCUT2D eigenvalue weighted by molar-refractivity contribution is 9.15. The Morgan fingerprint density at radius 2 is 0.562 bits per heavy atom. The predicted molar refractivity (Wildman–Crippen MR) is 571 cm³/mol. The molecule has 1 aliphatic heterocycles. The van der Waals surface area contributed by atoms with E-state index >= 15 is 0 Å². The Kier molecular flexibility index (Phi) is 21.3. The molecule has 17 heteroatoms. The fraction of sp³-hybridized carbons (Fsp3) is 0.0500. The van der Waals surface area contributed by atoms with E-state index in [1.807, 2.05) is 109 Å². The number of allylic oxidation sites excluding steroid dienone is 2. The Balaban J connectivity index is 0.0000000988. The van der Waals surface area contributed by atoms with E-state index in [2.05, 4.69) is 342 Å². The first kappa shape index (κ1) is 84.9. The summed E-state index contributed by atoms with van der Waals surface area (Å²) in [6.07, 6.45) is 7.13. The Morgan fingerprint density at radius 1 is 0.255 bits per heavy atom. The third-order valence-corrected chi connectivity index (χ3v) is 28.5. The third kappa shape index (κ3) is 15.3. The Labute approximate surface area is 810 Å². The van der Waals surface area contributed by atoms with Crippen LogP contribution in [-0.2, 0) is 9.31 Å². The van der Waals surface area contributed by atoms with Gasteiger partial charge in [-0.1, -0.05) is 261 Å². The molecule has 0 atom stereocenters. The van der Waals surface area contributed by atoms with E-state index in [4.69, 9.17) is 54.7 Å². The van der Waals surface area contributed by atoms with E-state index in [0.717, 1.165) is 228 Å². The number of rotatable bonds is 8. The van der Waals surface area contributed by atoms with E-state index in [1.165, 1.54) is 33.4 Å². The molecule has 656 valence electrons. The second-order valence-electron chi connectivity index (χ2n) is 35.5. The Morgan fingerprint density at radius 3 is 0.978 bits per heavy atom. The van der Waals surface area contributed by atoms with Crippen molar-refractivity contribution in [2.45, 2.75) is 38.9 Å². The fourth-order valence-electron chi connectivity index (χ4n) is 19.0. The molecular formula is C120H78B2Br3O12+. The van der Waals surface area contributed by atoms with Crippen molar-refractivity contribution in [3.8, 4) is 66.8 Å². The average molecular weight is 1970 g/mol. The summed E-state index contributed by atoms with van der Waals surface area (Å²) in [6, 6.07) is 128. The van der Waals surface area contributed by atoms with Gasteiger partial charge in [-0.3, -0.25) is 0 Å². The van der Waals surface area contributed by atoms with E-state index < -0.39 is 7.12 Å². The molecule has 28 rings (SSSR count). The van der Waals surface area contributed by atoms with Gasteiger partial charge in [0.05, 0.1) is 37.7 Å². The molecule has 9 heterocycles. The summed E-state index contributed by atoms with van der Waals surface area (Å²) in [7, 11) is -1.82. The van der Waals surface area contributed by atoms with Crippen LogP contribution < -0.4 is 10.9 Å². The minimum Gasteiger partial charge on any atom is -0.456 e. The average Bonchev–Trinajstić information content (AvgIpc) is 1.60. The normalized spacial score (nSPS) is 13.3. The van der Waals surface area contributed by atoms with Crippen molar-refractivity contribution >= 4 is 248 Å². The monoisotopic (exact) mass is 1970 g/mol. The van der Waals surface area contributed by atoms with E-state index in [0.29, 0.717) is 5.46 Å². The molecule has 12 nitrogen and oxygen atoms in total. The molecule has 0 unspecified atom stereocenters. The second-order valence-corrected chi connectivity index (χ2v) is 38.0. The molecule has 1 aliphatic carbocycles. The summed E-state index contributed by atoms with van der Waals surface area (Å²) < 4.78 is 64.4. The van der Waals surface area contributed by atoms with Crippen LogP contribution in [0.15, 0.2) is 426 Å². The highest BCUT2D eigenvalue weighted by Gasteiger charge is 2.52. The molecule has 1 fully saturated rings. The van der Waals surface area contributed by atoms with Crippen LogP contribution >= 0.6 is 47.8 Å². The van der Waals surface area contributed by atoms with Crippen LogP contribution in [0.4, 0.5) is 0 Å². The van der Waals surface area contributed by atoms with Crippen molar-refractivity contribution in [3.63, 3.8) is 0 Å². The number of benzene rings is 18. The minimum absolute atomic E-state index is 0.356. The number of hydrogen-bond donors (Lipinski definition) is 2. The highest BCUT2D eigenvalue weighted by Crippen LogP contribution is 2.48. The lowest BCUT2D eigenvalue weighted by molar-refractivity contribution is 0.00578. The van der Waals surface area contributed by atoms with Crippen molar-refractivity contribution in [2.75, 3.05) is 0 Å². The first-order valence-corrected chi connectivity index (χ1v) is 47.6. The van der Waals surface area contributed by atoms with Crippen LogP contribution in [0.25, 0.3) is 242 Å². The summed E-state index contributed by atoms with van der Waals surface area (Å²) >= 11 is 10.6. The van der Waals surface area contributed by atoms with E-state index in [9.17, 15) is 0 Å². The molecule has 0 amide bonds. The van der Waals surface area contributed by atoms with Gasteiger partial charge in [0.15, 0.2) is 5.58 Å². The maximum Gasteiger partial charge on any atom is 0.494 e. The SMILES string of the molecule is BrC1=[C+]C=Cc2c1oc1c(-c3ccc4oc5ccc(-c6ccccc6)cc5c4c3)cccc21.Brc1cccc2c1oc1c(Br)cccc12.CC1(C)OB(c2ccc3oc4ccc(-c5ccccc5)cc4c3c2)OC1(C)C.OB(O)c1ccc2oc3ccccc3c2c1.c1ccc(-c2ccc3oc4ccc(-c5cccc6c5oc5c(-c7ccc8oc9ccccc9c8c7)cccc56)cc4c3c2)cc1. The first-order chi connectivity index (χ1) is 66.9. The Hall–Kier alpha value is -15.1. The molecular weight excluding hydrogens is 1890 g/mol. The lowest BCUT2D eigenvalue weighted by Crippen LogP contribution is -2.41. The van der Waals surface area contributed by atoms with Gasteiger partial charge in [-0.25, -0.2) is 0 Å². The highest BCUT2D eigenvalue weighted by atomic mass is 79.9. The maximum absolute atomic E-state index is 9.12. The molecule has 1 saturated heterocycles. The minimum atomic E-state index is -1.45. The molecule has 18 aromatic carbocycles. The molecule has 0 radical (unpaired) electrons. The van der Waals surface area contributed by atoms with Crippen molar-refractivity contribution < 1.29 is 54.7 Å². The molecule has 137 heavy (non-hydrogen) atoms. The topological polar surface area (TPSA) is 164 Å². The predicted octanol–water partition coefficient (Wildman–Crippen LogP) is 33.5. The van der Waals surface area contributed by atoms with Crippen LogP contribution in [0.5, 0.6) is 0 Å². The molecule has 26 aromatic rings. The number of halogens is 3. The zero-order valence-corrected chi connectivity index (χ0v) is 79.0. The fourth-order valence-corrected chi connectivity index (χ4v) is 20.3. The van der Waals surface area contributed by atoms with Gasteiger partial charge in [-0.05, 0) is 252 Å². The Bertz CT molecular complexity index is 9280. The van der Waals surface area contributed by atoms with Gasteiger partial charge in [0.1, 0.15) is 89.8 Å². The lowest BCUT2D eigenvalue weighted by Gasteiger charge is -2.32. The van der Waals surface area contributed by atoms with Gasteiger partial charge < -0.3 is 54.7 Å². The van der Waals surface area contributed by atoms with Crippen LogP contribution in [-0.4, -0.2) is 35.5 Å². The van der Waals surface area contributed by atoms with Crippen molar-refractivity contribution in [1.82, 2.24) is 0 Å². The summed E-state index contributed by atoms with van der Waals surface area (Å²) in [6.45, 7) is 8.30. The quantitative estimate of drug-likeness (QED) is 0.109. The maximum atomic E-state index is 9.12. The van der Waals surface area contributed by atoms with Gasteiger partial charge in [0.2, 0.25) is 4.48 Å². The summed E-state index contributed by atoms with van der Waals surface area (Å²) in [5.41, 5.74) is 28.5. The summed E-state index contributed by atoms with van der Waals surface area (Å²) in [4.78, 5) is 0. The van der Waals surface area contributed by atoms with Crippen LogP contribution in [0.2, 0.25) is 0 Å². The van der Waals surface area contributed by atoms with E-state index in [1.54, 1.807) is 18.2 Å². The first-order valence-electron chi connectivity index (χ1n) is 45.2. The number of hydrogen-bond acceptors (Lipinski definition) is 12. The van der Waals surface area contributed by atoms with Crippen molar-refractivity contribution in [3.05, 3.63) is 409 Å². The molecule has 8 aromatic heterocycles. The third-order valence-electron chi connectivity index (χ3n) is 26.7. The zero-order chi connectivity index (χ0) is 92.5. The van der Waals surface area contributed by atoms with Gasteiger partial charge in [0, 0.05) is 92.1 Å². The van der Waals surface area contributed by atoms with Crippen molar-refractivity contribution in [2.24, 2.45) is 0 Å². The van der Waals surface area contributed by atoms with Crippen molar-refractivity contribution in [1.29, 1.82) is 0 Å². The summed E-state index contributed by atoms with van der Waals surface area (Å²) in [5.74, 6) is 0.822. The molecule has 2 aliphatic rings. The van der Waals surface area contributed by atoms with Crippen LogP contribution in [0.1, 0.15) is 39.0 Å². The zero-order valence-electron chi connectivity index (χ0n) is 74.2. The number of furan rings is 8. The lowest BCUT2D eigenvalue weighted by atomic mass is 9.78. The molecule has 2 N–H and O–H groups in total. The molecule has 0 saturated carbocycles. The number of fused-ring (bicyclic) bond motifs is 24. The smallest absolute Gasteiger partial charge is 0.456 e.